The van der Waals surface area contributed by atoms with Gasteiger partial charge < -0.3 is 15.1 Å². The third-order valence-corrected chi connectivity index (χ3v) is 7.84. The van der Waals surface area contributed by atoms with Gasteiger partial charge in [0.15, 0.2) is 17.1 Å². The summed E-state index contributed by atoms with van der Waals surface area (Å²) in [6.45, 7) is 8.21. The molecule has 3 aromatic heterocycles. The molecule has 5 heterocycles. The number of likely N-dealkylation sites (tertiary alicyclic amines) is 2. The maximum Gasteiger partial charge on any atom is 0.292 e. The molecule has 0 aliphatic carbocycles. The van der Waals surface area contributed by atoms with Crippen LogP contribution in [0.2, 0.25) is 0 Å². The lowest BCUT2D eigenvalue weighted by molar-refractivity contribution is -0.127. The van der Waals surface area contributed by atoms with Gasteiger partial charge in [-0.1, -0.05) is 17.7 Å². The number of amides is 1. The molecule has 1 amide bonds. The summed E-state index contributed by atoms with van der Waals surface area (Å²) in [5.41, 5.74) is 9.57. The van der Waals surface area contributed by atoms with Crippen LogP contribution in [0.3, 0.4) is 0 Å². The van der Waals surface area contributed by atoms with Gasteiger partial charge in [-0.05, 0) is 64.8 Å². The van der Waals surface area contributed by atoms with E-state index < -0.39 is 5.56 Å². The number of benzene rings is 1. The molecule has 10 heteroatoms. The second-order valence-electron chi connectivity index (χ2n) is 10.5. The van der Waals surface area contributed by atoms with Gasteiger partial charge in [0.2, 0.25) is 5.91 Å². The summed E-state index contributed by atoms with van der Waals surface area (Å²) >= 11 is 0. The molecule has 1 atom stereocenters. The molecule has 2 aliphatic heterocycles. The standard InChI is InChI=1S/C28H33N7O3/c1-17-9-10-21-20(15-17)18(2)26(38-21)25-23-24(28(37)31-30-27(23)29)32-35(25)19-7-5-14-34(16-19)22(36)8-6-13-33-11-3-4-12-33/h6,8-10,15,19H,3-5,7,11-14,16H2,1-2H3,(H2,29,30)(H,31,37)/b8-6+. The number of fused-ring (bicyclic) bond motifs is 2. The first-order valence-electron chi connectivity index (χ1n) is 13.3. The smallest absolute Gasteiger partial charge is 0.292 e. The molecule has 0 spiro atoms. The van der Waals surface area contributed by atoms with Crippen LogP contribution in [-0.4, -0.2) is 68.4 Å². The average Bonchev–Trinajstić information content (AvgIpc) is 3.65. The lowest BCUT2D eigenvalue weighted by atomic mass is 10.0. The molecule has 2 fully saturated rings. The van der Waals surface area contributed by atoms with Crippen LogP contribution in [0.25, 0.3) is 33.3 Å². The van der Waals surface area contributed by atoms with Crippen molar-refractivity contribution in [3.8, 4) is 11.5 Å². The highest BCUT2D eigenvalue weighted by Gasteiger charge is 2.31. The Labute approximate surface area is 220 Å². The molecular formula is C28H33N7O3. The predicted octanol–water partition coefficient (Wildman–Crippen LogP) is 3.55. The highest BCUT2D eigenvalue weighted by atomic mass is 16.3. The van der Waals surface area contributed by atoms with E-state index in [1.807, 2.05) is 41.6 Å². The van der Waals surface area contributed by atoms with Gasteiger partial charge in [0.25, 0.3) is 5.56 Å². The molecule has 0 radical (unpaired) electrons. The van der Waals surface area contributed by atoms with Crippen molar-refractivity contribution in [3.05, 3.63) is 51.8 Å². The van der Waals surface area contributed by atoms with Crippen LogP contribution in [0.5, 0.6) is 0 Å². The van der Waals surface area contributed by atoms with Crippen LogP contribution < -0.4 is 11.3 Å². The van der Waals surface area contributed by atoms with Crippen LogP contribution in [0.1, 0.15) is 42.9 Å². The number of furan rings is 1. The van der Waals surface area contributed by atoms with Crippen molar-refractivity contribution in [1.29, 1.82) is 0 Å². The fraction of sp³-hybridized carbons (Fsp3) is 0.429. The number of nitrogen functional groups attached to an aromatic ring is 1. The maximum absolute atomic E-state index is 13.1. The number of aromatic nitrogens is 4. The third-order valence-electron chi connectivity index (χ3n) is 7.84. The lowest BCUT2D eigenvalue weighted by Crippen LogP contribution is -2.40. The molecule has 0 bridgehead atoms. The van der Waals surface area contributed by atoms with Crippen molar-refractivity contribution in [1.82, 2.24) is 29.8 Å². The number of nitrogens with zero attached hydrogens (tertiary/aromatic N) is 5. The highest BCUT2D eigenvalue weighted by molar-refractivity contribution is 6.01. The van der Waals surface area contributed by atoms with Gasteiger partial charge >= 0.3 is 0 Å². The van der Waals surface area contributed by atoms with E-state index in [-0.39, 0.29) is 23.3 Å². The van der Waals surface area contributed by atoms with Gasteiger partial charge in [0.1, 0.15) is 11.3 Å². The molecule has 10 nitrogen and oxygen atoms in total. The van der Waals surface area contributed by atoms with Crippen molar-refractivity contribution in [2.24, 2.45) is 0 Å². The number of aromatic amines is 1. The zero-order valence-electron chi connectivity index (χ0n) is 21.9. The first kappa shape index (κ1) is 24.4. The summed E-state index contributed by atoms with van der Waals surface area (Å²) in [7, 11) is 0. The minimum atomic E-state index is -0.410. The van der Waals surface area contributed by atoms with Crippen LogP contribution in [0, 0.1) is 13.8 Å². The van der Waals surface area contributed by atoms with Crippen LogP contribution >= 0.6 is 0 Å². The van der Waals surface area contributed by atoms with Gasteiger partial charge in [-0.2, -0.15) is 10.2 Å². The minimum Gasteiger partial charge on any atom is -0.454 e. The van der Waals surface area contributed by atoms with Gasteiger partial charge in [0.05, 0.1) is 11.4 Å². The Balaban J connectivity index is 1.39. The molecule has 1 unspecified atom stereocenters. The highest BCUT2D eigenvalue weighted by Crippen LogP contribution is 2.40. The van der Waals surface area contributed by atoms with Gasteiger partial charge in [0, 0.05) is 36.7 Å². The predicted molar refractivity (Wildman–Crippen MR) is 147 cm³/mol. The van der Waals surface area contributed by atoms with E-state index in [1.165, 1.54) is 12.8 Å². The molecule has 38 heavy (non-hydrogen) atoms. The second-order valence-corrected chi connectivity index (χ2v) is 10.5. The van der Waals surface area contributed by atoms with E-state index in [1.54, 1.807) is 6.08 Å². The number of anilines is 1. The fourth-order valence-electron chi connectivity index (χ4n) is 5.83. The van der Waals surface area contributed by atoms with Crippen LogP contribution in [0.4, 0.5) is 5.82 Å². The maximum atomic E-state index is 13.1. The van der Waals surface area contributed by atoms with Crippen molar-refractivity contribution in [3.63, 3.8) is 0 Å². The Morgan fingerprint density at radius 2 is 2.03 bits per heavy atom. The van der Waals surface area contributed by atoms with Crippen molar-refractivity contribution >= 4 is 33.6 Å². The normalized spacial score (nSPS) is 18.9. The number of carbonyl (C=O) groups excluding carboxylic acids is 1. The van der Waals surface area contributed by atoms with Crippen LogP contribution in [-0.2, 0) is 4.79 Å². The first-order valence-corrected chi connectivity index (χ1v) is 13.3. The number of H-pyrrole nitrogens is 1. The molecule has 2 saturated heterocycles. The van der Waals surface area contributed by atoms with Crippen molar-refractivity contribution < 1.29 is 9.21 Å². The number of rotatable bonds is 5. The Kier molecular flexibility index (Phi) is 6.27. The summed E-state index contributed by atoms with van der Waals surface area (Å²) in [6.07, 6.45) is 7.75. The molecule has 1 aromatic carbocycles. The quantitative estimate of drug-likeness (QED) is 0.389. The Bertz CT molecular complexity index is 1610. The molecule has 3 N–H and O–H groups in total. The summed E-state index contributed by atoms with van der Waals surface area (Å²) in [4.78, 5) is 30.1. The molecule has 2 aliphatic rings. The number of carbonyl (C=O) groups is 1. The second kappa shape index (κ2) is 9.75. The SMILES string of the molecule is Cc1ccc2oc(-c3c4c(N)n[nH]c(=O)c4nn3C3CCCN(C(=O)/C=C/CN4CCCC4)C3)c(C)c2c1. The summed E-state index contributed by atoms with van der Waals surface area (Å²) in [6, 6.07) is 5.90. The Morgan fingerprint density at radius 1 is 1.21 bits per heavy atom. The number of hydrogen-bond acceptors (Lipinski definition) is 7. The number of aryl methyl sites for hydroxylation is 2. The van der Waals surface area contributed by atoms with E-state index in [0.717, 1.165) is 54.6 Å². The Hall–Kier alpha value is -3.92. The van der Waals surface area contributed by atoms with E-state index in [9.17, 15) is 9.59 Å². The largest absolute Gasteiger partial charge is 0.454 e. The molecule has 6 rings (SSSR count). The molecular weight excluding hydrogens is 482 g/mol. The zero-order valence-corrected chi connectivity index (χ0v) is 21.9. The first-order chi connectivity index (χ1) is 18.4. The van der Waals surface area contributed by atoms with Crippen LogP contribution in [0.15, 0.2) is 39.6 Å². The van der Waals surface area contributed by atoms with E-state index in [0.29, 0.717) is 29.9 Å². The van der Waals surface area contributed by atoms with E-state index in [2.05, 4.69) is 21.2 Å². The summed E-state index contributed by atoms with van der Waals surface area (Å²) in [5.74, 6) is 0.799. The number of piperidine rings is 1. The number of nitrogens with two attached hydrogens (primary N) is 1. The van der Waals surface area contributed by atoms with E-state index >= 15 is 0 Å². The fourth-order valence-corrected chi connectivity index (χ4v) is 5.83. The van der Waals surface area contributed by atoms with Gasteiger partial charge in [-0.25, -0.2) is 5.10 Å². The average molecular weight is 516 g/mol. The minimum absolute atomic E-state index is 0.00146. The lowest BCUT2D eigenvalue weighted by Gasteiger charge is -2.33. The summed E-state index contributed by atoms with van der Waals surface area (Å²) < 4.78 is 8.19. The van der Waals surface area contributed by atoms with Gasteiger partial charge in [-0.15, -0.1) is 0 Å². The monoisotopic (exact) mass is 515 g/mol. The Morgan fingerprint density at radius 3 is 2.84 bits per heavy atom. The zero-order chi connectivity index (χ0) is 26.4. The third kappa shape index (κ3) is 4.28. The summed E-state index contributed by atoms with van der Waals surface area (Å²) in [5, 5.41) is 12.7. The molecule has 198 valence electrons. The molecule has 0 saturated carbocycles. The van der Waals surface area contributed by atoms with Gasteiger partial charge in [-0.3, -0.25) is 19.2 Å². The molecule has 4 aromatic rings. The topological polar surface area (TPSA) is 126 Å². The van der Waals surface area contributed by atoms with Crippen molar-refractivity contribution in [2.75, 3.05) is 38.5 Å². The number of nitrogens with one attached hydrogen (secondary N) is 1. The van der Waals surface area contributed by atoms with E-state index in [4.69, 9.17) is 15.2 Å². The number of hydrogen-bond donors (Lipinski definition) is 2. The van der Waals surface area contributed by atoms with Crippen molar-refractivity contribution in [2.45, 2.75) is 45.6 Å².